The number of hydrogen-bond donors (Lipinski definition) is 1. The van der Waals surface area contributed by atoms with Gasteiger partial charge in [-0.25, -0.2) is 0 Å². The van der Waals surface area contributed by atoms with E-state index in [9.17, 15) is 9.59 Å². The number of para-hydroxylation sites is 1. The predicted molar refractivity (Wildman–Crippen MR) is 75.0 cm³/mol. The number of fused-ring (bicyclic) bond motifs is 3. The van der Waals surface area contributed by atoms with E-state index in [4.69, 9.17) is 5.11 Å². The summed E-state index contributed by atoms with van der Waals surface area (Å²) in [5.41, 5.74) is 3.37. The monoisotopic (exact) mass is 272 g/mol. The minimum absolute atomic E-state index is 0.0944. The molecule has 0 saturated carbocycles. The first-order valence-corrected chi connectivity index (χ1v) is 6.58. The molecule has 0 bridgehead atoms. The molecule has 5 heteroatoms. The van der Waals surface area contributed by atoms with Crippen molar-refractivity contribution in [2.75, 3.05) is 13.6 Å². The largest absolute Gasteiger partial charge is 0.480 e. The van der Waals surface area contributed by atoms with Crippen molar-refractivity contribution in [3.63, 3.8) is 0 Å². The van der Waals surface area contributed by atoms with Gasteiger partial charge in [0.25, 0.3) is 5.91 Å². The summed E-state index contributed by atoms with van der Waals surface area (Å²) in [6, 6.07) is 5.87. The molecular weight excluding hydrogens is 256 g/mol. The molecule has 1 aromatic heterocycles. The number of carboxylic acid groups (broad SMARTS) is 1. The van der Waals surface area contributed by atoms with Crippen LogP contribution in [0.25, 0.3) is 10.9 Å². The highest BCUT2D eigenvalue weighted by molar-refractivity contribution is 6.04. The Kier molecular flexibility index (Phi) is 2.78. The van der Waals surface area contributed by atoms with E-state index in [0.717, 1.165) is 28.5 Å². The van der Waals surface area contributed by atoms with Gasteiger partial charge in [-0.3, -0.25) is 9.59 Å². The van der Waals surface area contributed by atoms with Crippen LogP contribution in [0.2, 0.25) is 0 Å². The molecule has 5 nitrogen and oxygen atoms in total. The fraction of sp³-hybridized carbons (Fsp3) is 0.333. The number of carboxylic acids is 1. The Bertz CT molecular complexity index is 730. The van der Waals surface area contributed by atoms with Crippen LogP contribution in [-0.2, 0) is 17.8 Å². The number of rotatable bonds is 2. The van der Waals surface area contributed by atoms with E-state index < -0.39 is 5.97 Å². The number of hydrogen-bond acceptors (Lipinski definition) is 2. The van der Waals surface area contributed by atoms with Gasteiger partial charge in [0.05, 0.1) is 5.52 Å². The molecule has 0 spiro atoms. The van der Waals surface area contributed by atoms with Gasteiger partial charge >= 0.3 is 5.97 Å². The van der Waals surface area contributed by atoms with E-state index in [2.05, 4.69) is 0 Å². The number of carbonyl (C=O) groups is 2. The first kappa shape index (κ1) is 12.7. The van der Waals surface area contributed by atoms with Crippen molar-refractivity contribution < 1.29 is 14.7 Å². The van der Waals surface area contributed by atoms with Crippen LogP contribution in [0, 0.1) is 6.92 Å². The Morgan fingerprint density at radius 1 is 1.40 bits per heavy atom. The van der Waals surface area contributed by atoms with Crippen LogP contribution in [0.4, 0.5) is 0 Å². The van der Waals surface area contributed by atoms with Gasteiger partial charge < -0.3 is 14.6 Å². The van der Waals surface area contributed by atoms with E-state index in [0.29, 0.717) is 12.2 Å². The Hall–Kier alpha value is -2.30. The molecule has 1 aliphatic rings. The average Bonchev–Trinajstić information content (AvgIpc) is 2.70. The molecule has 0 radical (unpaired) electrons. The fourth-order valence-corrected chi connectivity index (χ4v) is 3.02. The van der Waals surface area contributed by atoms with E-state index in [1.807, 2.05) is 25.1 Å². The topological polar surface area (TPSA) is 62.5 Å². The quantitative estimate of drug-likeness (QED) is 0.904. The zero-order valence-electron chi connectivity index (χ0n) is 11.5. The van der Waals surface area contributed by atoms with E-state index >= 15 is 0 Å². The van der Waals surface area contributed by atoms with E-state index in [1.165, 1.54) is 0 Å². The standard InChI is InChI=1S/C15H16N2O3/c1-9-4-3-5-10-11-6-7-16(2)15(20)14(11)17(13(9)10)8-12(18)19/h3-5H,6-8H2,1-2H3,(H,18,19). The summed E-state index contributed by atoms with van der Waals surface area (Å²) < 4.78 is 1.65. The molecule has 2 aromatic rings. The van der Waals surface area contributed by atoms with E-state index in [1.54, 1.807) is 16.5 Å². The lowest BCUT2D eigenvalue weighted by atomic mass is 10.0. The average molecular weight is 272 g/mol. The van der Waals surface area contributed by atoms with Gasteiger partial charge in [-0.1, -0.05) is 18.2 Å². The summed E-state index contributed by atoms with van der Waals surface area (Å²) in [4.78, 5) is 25.2. The van der Waals surface area contributed by atoms with Crippen LogP contribution < -0.4 is 0 Å². The van der Waals surface area contributed by atoms with Gasteiger partial charge in [-0.2, -0.15) is 0 Å². The Labute approximate surface area is 116 Å². The maximum atomic E-state index is 12.4. The highest BCUT2D eigenvalue weighted by Gasteiger charge is 2.30. The molecule has 0 saturated heterocycles. The second kappa shape index (κ2) is 4.37. The van der Waals surface area contributed by atoms with Crippen molar-refractivity contribution in [2.45, 2.75) is 19.9 Å². The third-order valence-corrected chi connectivity index (χ3v) is 3.93. The maximum Gasteiger partial charge on any atom is 0.323 e. The molecular formula is C15H16N2O3. The van der Waals surface area contributed by atoms with Gasteiger partial charge in [-0.15, -0.1) is 0 Å². The number of aliphatic carboxylic acids is 1. The zero-order chi connectivity index (χ0) is 14.4. The Balaban J connectivity index is 2.38. The fourth-order valence-electron chi connectivity index (χ4n) is 3.02. The van der Waals surface area contributed by atoms with Crippen LogP contribution in [0.5, 0.6) is 0 Å². The molecule has 1 amide bonds. The number of benzene rings is 1. The van der Waals surface area contributed by atoms with Gasteiger partial charge in [0.15, 0.2) is 0 Å². The molecule has 3 rings (SSSR count). The molecule has 0 aliphatic carbocycles. The number of likely N-dealkylation sites (N-methyl/N-ethyl adjacent to an activating group) is 1. The van der Waals surface area contributed by atoms with Crippen LogP contribution in [0.15, 0.2) is 18.2 Å². The van der Waals surface area contributed by atoms with E-state index in [-0.39, 0.29) is 12.5 Å². The number of nitrogens with zero attached hydrogens (tertiary/aromatic N) is 2. The van der Waals surface area contributed by atoms with Crippen LogP contribution in [0.3, 0.4) is 0 Å². The van der Waals surface area contributed by atoms with Crippen LogP contribution in [-0.4, -0.2) is 40.0 Å². The zero-order valence-corrected chi connectivity index (χ0v) is 11.5. The molecule has 1 aromatic carbocycles. The lowest BCUT2D eigenvalue weighted by Gasteiger charge is -2.24. The highest BCUT2D eigenvalue weighted by atomic mass is 16.4. The Morgan fingerprint density at radius 2 is 2.15 bits per heavy atom. The number of carbonyl (C=O) groups excluding carboxylic acids is 1. The second-order valence-corrected chi connectivity index (χ2v) is 5.25. The summed E-state index contributed by atoms with van der Waals surface area (Å²) in [7, 11) is 1.75. The smallest absolute Gasteiger partial charge is 0.323 e. The van der Waals surface area contributed by atoms with Crippen molar-refractivity contribution in [1.29, 1.82) is 0 Å². The SMILES string of the molecule is Cc1cccc2c3c(n(CC(=O)O)c12)C(=O)N(C)CC3. The molecule has 20 heavy (non-hydrogen) atoms. The van der Waals surface area contributed by atoms with Gasteiger partial charge in [0.2, 0.25) is 0 Å². The third-order valence-electron chi connectivity index (χ3n) is 3.93. The number of aromatic nitrogens is 1. The second-order valence-electron chi connectivity index (χ2n) is 5.25. The molecule has 104 valence electrons. The number of aryl methyl sites for hydroxylation is 1. The number of amides is 1. The van der Waals surface area contributed by atoms with Crippen LogP contribution >= 0.6 is 0 Å². The summed E-state index contributed by atoms with van der Waals surface area (Å²) >= 11 is 0. The lowest BCUT2D eigenvalue weighted by molar-refractivity contribution is -0.137. The molecule has 1 N–H and O–H groups in total. The van der Waals surface area contributed by atoms with Gasteiger partial charge in [-0.05, 0) is 24.5 Å². The van der Waals surface area contributed by atoms with Crippen molar-refractivity contribution in [1.82, 2.24) is 9.47 Å². The first-order valence-electron chi connectivity index (χ1n) is 6.58. The summed E-state index contributed by atoms with van der Waals surface area (Å²) in [5.74, 6) is -1.03. The van der Waals surface area contributed by atoms with Crippen molar-refractivity contribution in [3.8, 4) is 0 Å². The van der Waals surface area contributed by atoms with Crippen molar-refractivity contribution >= 4 is 22.8 Å². The third kappa shape index (κ3) is 1.70. The van der Waals surface area contributed by atoms with Gasteiger partial charge in [0, 0.05) is 19.0 Å². The normalized spacial score (nSPS) is 14.7. The first-order chi connectivity index (χ1) is 9.50. The summed E-state index contributed by atoms with van der Waals surface area (Å²) in [6.07, 6.45) is 0.768. The Morgan fingerprint density at radius 3 is 2.85 bits per heavy atom. The molecule has 0 atom stereocenters. The molecule has 0 fully saturated rings. The maximum absolute atomic E-state index is 12.4. The van der Waals surface area contributed by atoms with Crippen molar-refractivity contribution in [2.24, 2.45) is 0 Å². The molecule has 1 aliphatic heterocycles. The van der Waals surface area contributed by atoms with Crippen molar-refractivity contribution in [3.05, 3.63) is 35.0 Å². The van der Waals surface area contributed by atoms with Gasteiger partial charge in [0.1, 0.15) is 12.2 Å². The van der Waals surface area contributed by atoms with Crippen LogP contribution in [0.1, 0.15) is 21.6 Å². The summed E-state index contributed by atoms with van der Waals surface area (Å²) in [5, 5.41) is 10.1. The minimum atomic E-state index is -0.936. The lowest BCUT2D eigenvalue weighted by Crippen LogP contribution is -2.35. The highest BCUT2D eigenvalue weighted by Crippen LogP contribution is 2.32. The predicted octanol–water partition coefficient (Wildman–Crippen LogP) is 1.66. The minimum Gasteiger partial charge on any atom is -0.480 e. The molecule has 2 heterocycles. The molecule has 0 unspecified atom stereocenters. The summed E-state index contributed by atoms with van der Waals surface area (Å²) in [6.45, 7) is 2.43.